The number of hydrogen-bond donors (Lipinski definition) is 0. The van der Waals surface area contributed by atoms with E-state index in [1.807, 2.05) is 19.1 Å². The number of fused-ring (bicyclic) bond motifs is 1. The van der Waals surface area contributed by atoms with Crippen molar-refractivity contribution in [2.24, 2.45) is 0 Å². The van der Waals surface area contributed by atoms with Crippen molar-refractivity contribution >= 4 is 17.1 Å². The van der Waals surface area contributed by atoms with Crippen LogP contribution in [-0.4, -0.2) is 19.2 Å². The van der Waals surface area contributed by atoms with Crippen LogP contribution in [0.15, 0.2) is 41.5 Å². The highest BCUT2D eigenvalue weighted by molar-refractivity contribution is 6.29. The number of halogens is 1. The standard InChI is InChI=1S/C13H11ClN4O/c1-9-7-11-13(19)17(5-6-18(11)16-9)8-10-3-2-4-12(14)15-10/h2-7H,8H2,1H3. The van der Waals surface area contributed by atoms with Gasteiger partial charge in [-0.15, -0.1) is 0 Å². The largest absolute Gasteiger partial charge is 0.306 e. The number of nitrogens with zero attached hydrogens (tertiary/aromatic N) is 4. The van der Waals surface area contributed by atoms with E-state index in [9.17, 15) is 4.79 Å². The number of aryl methyl sites for hydroxylation is 1. The molecule has 0 aliphatic carbocycles. The van der Waals surface area contributed by atoms with E-state index in [-0.39, 0.29) is 5.56 Å². The van der Waals surface area contributed by atoms with Gasteiger partial charge in [0.2, 0.25) is 0 Å². The zero-order valence-electron chi connectivity index (χ0n) is 10.2. The molecule has 0 unspecified atom stereocenters. The van der Waals surface area contributed by atoms with Gasteiger partial charge in [-0.25, -0.2) is 9.50 Å². The Bertz CT molecular complexity index is 806. The second-order valence-corrected chi connectivity index (χ2v) is 4.69. The number of aromatic nitrogens is 4. The van der Waals surface area contributed by atoms with Crippen LogP contribution in [0.5, 0.6) is 0 Å². The summed E-state index contributed by atoms with van der Waals surface area (Å²) in [5.74, 6) is 0. The van der Waals surface area contributed by atoms with Crippen LogP contribution in [0.1, 0.15) is 11.4 Å². The molecule has 0 aliphatic rings. The average molecular weight is 275 g/mol. The molecule has 6 heteroatoms. The fourth-order valence-electron chi connectivity index (χ4n) is 1.99. The third-order valence-corrected chi connectivity index (χ3v) is 3.04. The molecule has 3 rings (SSSR count). The number of pyridine rings is 1. The van der Waals surface area contributed by atoms with Crippen molar-refractivity contribution in [3.05, 3.63) is 63.6 Å². The van der Waals surface area contributed by atoms with E-state index in [4.69, 9.17) is 11.6 Å². The highest BCUT2D eigenvalue weighted by atomic mass is 35.5. The molecule has 19 heavy (non-hydrogen) atoms. The first kappa shape index (κ1) is 11.9. The van der Waals surface area contributed by atoms with Gasteiger partial charge in [-0.2, -0.15) is 5.10 Å². The first-order valence-corrected chi connectivity index (χ1v) is 6.18. The Morgan fingerprint density at radius 1 is 1.32 bits per heavy atom. The van der Waals surface area contributed by atoms with Crippen LogP contribution in [0.2, 0.25) is 5.15 Å². The first-order valence-electron chi connectivity index (χ1n) is 5.80. The highest BCUT2D eigenvalue weighted by Gasteiger charge is 2.06. The third-order valence-electron chi connectivity index (χ3n) is 2.83. The Kier molecular flexibility index (Phi) is 2.83. The molecule has 0 N–H and O–H groups in total. The summed E-state index contributed by atoms with van der Waals surface area (Å²) in [5, 5.41) is 4.63. The van der Waals surface area contributed by atoms with Crippen LogP contribution < -0.4 is 5.56 Å². The van der Waals surface area contributed by atoms with Gasteiger partial charge in [-0.1, -0.05) is 17.7 Å². The Balaban J connectivity index is 2.06. The molecule has 96 valence electrons. The SMILES string of the molecule is Cc1cc2c(=O)n(Cc3cccc(Cl)n3)ccn2n1. The van der Waals surface area contributed by atoms with E-state index in [2.05, 4.69) is 10.1 Å². The minimum Gasteiger partial charge on any atom is -0.306 e. The van der Waals surface area contributed by atoms with E-state index in [1.165, 1.54) is 0 Å². The van der Waals surface area contributed by atoms with Gasteiger partial charge in [0.25, 0.3) is 5.56 Å². The van der Waals surface area contributed by atoms with Gasteiger partial charge in [0, 0.05) is 12.4 Å². The lowest BCUT2D eigenvalue weighted by Gasteiger charge is -2.05. The lowest BCUT2D eigenvalue weighted by Crippen LogP contribution is -2.22. The molecule has 0 spiro atoms. The molecule has 3 heterocycles. The fraction of sp³-hybridized carbons (Fsp3) is 0.154. The maximum atomic E-state index is 12.3. The molecule has 0 radical (unpaired) electrons. The molecule has 5 nitrogen and oxygen atoms in total. The van der Waals surface area contributed by atoms with Gasteiger partial charge in [0.1, 0.15) is 10.7 Å². The van der Waals surface area contributed by atoms with Crippen molar-refractivity contribution in [2.75, 3.05) is 0 Å². The fourth-order valence-corrected chi connectivity index (χ4v) is 2.17. The predicted octanol–water partition coefficient (Wildman–Crippen LogP) is 1.90. The second kappa shape index (κ2) is 4.51. The van der Waals surface area contributed by atoms with Gasteiger partial charge in [-0.3, -0.25) is 4.79 Å². The summed E-state index contributed by atoms with van der Waals surface area (Å²) in [6.45, 7) is 2.25. The second-order valence-electron chi connectivity index (χ2n) is 4.30. The monoisotopic (exact) mass is 274 g/mol. The van der Waals surface area contributed by atoms with Crippen LogP contribution in [-0.2, 0) is 6.54 Å². The van der Waals surface area contributed by atoms with Crippen LogP contribution >= 0.6 is 11.6 Å². The lowest BCUT2D eigenvalue weighted by molar-refractivity contribution is 0.725. The molecular formula is C13H11ClN4O. The molecule has 3 aromatic heterocycles. The summed E-state index contributed by atoms with van der Waals surface area (Å²) >= 11 is 5.84. The van der Waals surface area contributed by atoms with E-state index in [0.29, 0.717) is 17.2 Å². The Labute approximate surface area is 114 Å². The van der Waals surface area contributed by atoms with Gasteiger partial charge in [0.05, 0.1) is 17.9 Å². The lowest BCUT2D eigenvalue weighted by atomic mass is 10.3. The molecule has 3 aromatic rings. The smallest absolute Gasteiger partial charge is 0.276 e. The summed E-state index contributed by atoms with van der Waals surface area (Å²) in [7, 11) is 0. The van der Waals surface area contributed by atoms with E-state index < -0.39 is 0 Å². The predicted molar refractivity (Wildman–Crippen MR) is 72.5 cm³/mol. The molecule has 0 aromatic carbocycles. The molecule has 0 aliphatic heterocycles. The van der Waals surface area contributed by atoms with E-state index >= 15 is 0 Å². The Morgan fingerprint density at radius 3 is 2.95 bits per heavy atom. The summed E-state index contributed by atoms with van der Waals surface area (Å²) < 4.78 is 3.18. The molecule has 0 amide bonds. The highest BCUT2D eigenvalue weighted by Crippen LogP contribution is 2.06. The van der Waals surface area contributed by atoms with Crippen molar-refractivity contribution in [1.29, 1.82) is 0 Å². The Hall–Kier alpha value is -2.14. The van der Waals surface area contributed by atoms with Crippen molar-refractivity contribution in [1.82, 2.24) is 19.2 Å². The maximum absolute atomic E-state index is 12.3. The number of hydrogen-bond acceptors (Lipinski definition) is 3. The van der Waals surface area contributed by atoms with Crippen molar-refractivity contribution < 1.29 is 0 Å². The first-order chi connectivity index (χ1) is 9.13. The van der Waals surface area contributed by atoms with E-state index in [1.54, 1.807) is 33.6 Å². The minimum atomic E-state index is -0.0927. The van der Waals surface area contributed by atoms with Crippen LogP contribution in [0, 0.1) is 6.92 Å². The van der Waals surface area contributed by atoms with Crippen molar-refractivity contribution in [3.8, 4) is 0 Å². The summed E-state index contributed by atoms with van der Waals surface area (Å²) in [6, 6.07) is 7.13. The van der Waals surface area contributed by atoms with Gasteiger partial charge in [-0.05, 0) is 25.1 Å². The van der Waals surface area contributed by atoms with Gasteiger partial charge >= 0.3 is 0 Å². The topological polar surface area (TPSA) is 52.2 Å². The number of rotatable bonds is 2. The van der Waals surface area contributed by atoms with Crippen LogP contribution in [0.25, 0.3) is 5.52 Å². The molecule has 0 fully saturated rings. The van der Waals surface area contributed by atoms with Crippen molar-refractivity contribution in [2.45, 2.75) is 13.5 Å². The van der Waals surface area contributed by atoms with Crippen LogP contribution in [0.3, 0.4) is 0 Å². The zero-order valence-corrected chi connectivity index (χ0v) is 11.0. The quantitative estimate of drug-likeness (QED) is 0.671. The molecule has 0 atom stereocenters. The summed E-state index contributed by atoms with van der Waals surface area (Å²) in [6.07, 6.45) is 3.46. The molecule has 0 bridgehead atoms. The van der Waals surface area contributed by atoms with Crippen LogP contribution in [0.4, 0.5) is 0 Å². The minimum absolute atomic E-state index is 0.0927. The summed E-state index contributed by atoms with van der Waals surface area (Å²) in [4.78, 5) is 16.5. The molecule has 0 saturated carbocycles. The molecular weight excluding hydrogens is 264 g/mol. The normalized spacial score (nSPS) is 11.1. The Morgan fingerprint density at radius 2 is 2.16 bits per heavy atom. The summed E-state index contributed by atoms with van der Waals surface area (Å²) in [5.41, 5.74) is 2.03. The van der Waals surface area contributed by atoms with E-state index in [0.717, 1.165) is 11.4 Å². The van der Waals surface area contributed by atoms with Crippen molar-refractivity contribution in [3.63, 3.8) is 0 Å². The van der Waals surface area contributed by atoms with Gasteiger partial charge < -0.3 is 4.57 Å². The zero-order chi connectivity index (χ0) is 13.4. The third kappa shape index (κ3) is 2.24. The average Bonchev–Trinajstić information content (AvgIpc) is 2.75. The van der Waals surface area contributed by atoms with Gasteiger partial charge in [0.15, 0.2) is 0 Å². The maximum Gasteiger partial charge on any atom is 0.276 e. The molecule has 0 saturated heterocycles.